The van der Waals surface area contributed by atoms with Crippen molar-refractivity contribution in [2.75, 3.05) is 12.9 Å². The molecule has 5 nitrogen and oxygen atoms in total. The Morgan fingerprint density at radius 1 is 1.62 bits per heavy atom. The summed E-state index contributed by atoms with van der Waals surface area (Å²) < 4.78 is 30.0. The van der Waals surface area contributed by atoms with E-state index in [4.69, 9.17) is 4.42 Å². The van der Waals surface area contributed by atoms with Gasteiger partial charge in [-0.1, -0.05) is 0 Å². The zero-order chi connectivity index (χ0) is 9.90. The zero-order valence-electron chi connectivity index (χ0n) is 6.89. The third kappa shape index (κ3) is 3.39. The van der Waals surface area contributed by atoms with Crippen LogP contribution in [-0.4, -0.2) is 27.1 Å². The number of carbonyl (C=O) groups is 1. The Balaban J connectivity index is 2.53. The van der Waals surface area contributed by atoms with Crippen LogP contribution in [0.15, 0.2) is 22.8 Å². The standard InChI is InChI=1S/C7H8O5S/c1-13(9,10)12-5-6(8)7-3-2-4-11-7/h2-4H,5H2,1H3. The molecule has 0 unspecified atom stereocenters. The zero-order valence-corrected chi connectivity index (χ0v) is 7.71. The number of hydrogen-bond acceptors (Lipinski definition) is 5. The highest BCUT2D eigenvalue weighted by molar-refractivity contribution is 7.86. The van der Waals surface area contributed by atoms with Crippen molar-refractivity contribution in [3.8, 4) is 0 Å². The van der Waals surface area contributed by atoms with Gasteiger partial charge in [-0.15, -0.1) is 0 Å². The van der Waals surface area contributed by atoms with Gasteiger partial charge in [0.15, 0.2) is 5.76 Å². The minimum absolute atomic E-state index is 0.0867. The molecule has 13 heavy (non-hydrogen) atoms. The van der Waals surface area contributed by atoms with Crippen molar-refractivity contribution in [2.45, 2.75) is 0 Å². The molecule has 0 aliphatic rings. The van der Waals surface area contributed by atoms with Crippen LogP contribution < -0.4 is 0 Å². The average molecular weight is 204 g/mol. The van der Waals surface area contributed by atoms with Crippen molar-refractivity contribution in [1.29, 1.82) is 0 Å². The molecule has 0 aromatic carbocycles. The highest BCUT2D eigenvalue weighted by atomic mass is 32.2. The summed E-state index contributed by atoms with van der Waals surface area (Å²) in [6.45, 7) is -0.521. The second-order valence-corrected chi connectivity index (χ2v) is 4.01. The van der Waals surface area contributed by atoms with E-state index < -0.39 is 22.5 Å². The van der Waals surface area contributed by atoms with E-state index in [2.05, 4.69) is 4.18 Å². The highest BCUT2D eigenvalue weighted by Gasteiger charge is 2.11. The molecule has 0 N–H and O–H groups in total. The maximum atomic E-state index is 11.1. The molecular formula is C7H8O5S. The Kier molecular flexibility index (Phi) is 2.84. The Morgan fingerprint density at radius 2 is 2.31 bits per heavy atom. The van der Waals surface area contributed by atoms with Crippen molar-refractivity contribution >= 4 is 15.9 Å². The van der Waals surface area contributed by atoms with Crippen molar-refractivity contribution in [1.82, 2.24) is 0 Å². The monoisotopic (exact) mass is 204 g/mol. The molecule has 0 atom stereocenters. The van der Waals surface area contributed by atoms with Crippen LogP contribution in [0.5, 0.6) is 0 Å². The number of hydrogen-bond donors (Lipinski definition) is 0. The molecular weight excluding hydrogens is 196 g/mol. The predicted octanol–water partition coefficient (Wildman–Crippen LogP) is 0.439. The SMILES string of the molecule is CS(=O)(=O)OCC(=O)c1ccco1. The molecule has 0 saturated carbocycles. The van der Waals surface area contributed by atoms with Gasteiger partial charge in [-0.3, -0.25) is 8.98 Å². The van der Waals surface area contributed by atoms with E-state index in [1.807, 2.05) is 0 Å². The smallest absolute Gasteiger partial charge is 0.264 e. The maximum Gasteiger partial charge on any atom is 0.264 e. The summed E-state index contributed by atoms with van der Waals surface area (Å²) >= 11 is 0. The normalized spacial score (nSPS) is 11.5. The number of carbonyl (C=O) groups excluding carboxylic acids is 1. The third-order valence-corrected chi connectivity index (χ3v) is 1.75. The van der Waals surface area contributed by atoms with Gasteiger partial charge < -0.3 is 4.42 Å². The molecule has 0 aliphatic heterocycles. The second kappa shape index (κ2) is 3.71. The Bertz CT molecular complexity index is 375. The van der Waals surface area contributed by atoms with Gasteiger partial charge in [0.2, 0.25) is 5.78 Å². The van der Waals surface area contributed by atoms with E-state index in [-0.39, 0.29) is 5.76 Å². The maximum absolute atomic E-state index is 11.1. The van der Waals surface area contributed by atoms with E-state index in [1.165, 1.54) is 18.4 Å². The third-order valence-electron chi connectivity index (χ3n) is 1.20. The molecule has 0 spiro atoms. The van der Waals surface area contributed by atoms with Gasteiger partial charge in [-0.2, -0.15) is 8.42 Å². The van der Waals surface area contributed by atoms with Gasteiger partial charge in [0.1, 0.15) is 6.61 Å². The fourth-order valence-electron chi connectivity index (χ4n) is 0.669. The van der Waals surface area contributed by atoms with Crippen LogP contribution in [0.3, 0.4) is 0 Å². The lowest BCUT2D eigenvalue weighted by Gasteiger charge is -1.97. The first-order valence-corrected chi connectivity index (χ1v) is 5.22. The molecule has 0 bridgehead atoms. The lowest BCUT2D eigenvalue weighted by Crippen LogP contribution is -2.12. The van der Waals surface area contributed by atoms with Gasteiger partial charge in [0.05, 0.1) is 12.5 Å². The summed E-state index contributed by atoms with van der Waals surface area (Å²) in [5.74, 6) is -0.418. The van der Waals surface area contributed by atoms with E-state index in [1.54, 1.807) is 0 Å². The van der Waals surface area contributed by atoms with Crippen molar-refractivity contribution in [3.63, 3.8) is 0 Å². The summed E-state index contributed by atoms with van der Waals surface area (Å²) in [4.78, 5) is 11.1. The number of rotatable bonds is 4. The summed E-state index contributed by atoms with van der Waals surface area (Å²) in [6.07, 6.45) is 2.20. The van der Waals surface area contributed by atoms with Crippen LogP contribution >= 0.6 is 0 Å². The Labute approximate surface area is 75.4 Å². The van der Waals surface area contributed by atoms with Crippen LogP contribution in [0.1, 0.15) is 10.6 Å². The minimum Gasteiger partial charge on any atom is -0.461 e. The number of furan rings is 1. The van der Waals surface area contributed by atoms with Crippen LogP contribution in [0, 0.1) is 0 Å². The molecule has 0 fully saturated rings. The summed E-state index contributed by atoms with van der Waals surface area (Å²) in [5.41, 5.74) is 0. The predicted molar refractivity (Wildman–Crippen MR) is 43.8 cm³/mol. The van der Waals surface area contributed by atoms with Gasteiger partial charge >= 0.3 is 0 Å². The topological polar surface area (TPSA) is 73.6 Å². The highest BCUT2D eigenvalue weighted by Crippen LogP contribution is 2.02. The minimum atomic E-state index is -3.57. The molecule has 1 rings (SSSR count). The first-order valence-electron chi connectivity index (χ1n) is 3.40. The molecule has 0 aliphatic carbocycles. The fourth-order valence-corrected chi connectivity index (χ4v) is 0.990. The molecule has 1 aromatic heterocycles. The molecule has 0 saturated heterocycles. The summed E-state index contributed by atoms with van der Waals surface area (Å²) in [6, 6.07) is 2.97. The lowest BCUT2D eigenvalue weighted by molar-refractivity contribution is 0.0898. The molecule has 1 aromatic rings. The van der Waals surface area contributed by atoms with Crippen LogP contribution in [-0.2, 0) is 14.3 Å². The average Bonchev–Trinajstić information content (AvgIpc) is 2.50. The van der Waals surface area contributed by atoms with Crippen molar-refractivity contribution < 1.29 is 21.8 Å². The Morgan fingerprint density at radius 3 is 2.77 bits per heavy atom. The van der Waals surface area contributed by atoms with Crippen LogP contribution in [0.4, 0.5) is 0 Å². The van der Waals surface area contributed by atoms with Crippen molar-refractivity contribution in [2.24, 2.45) is 0 Å². The summed E-state index contributed by atoms with van der Waals surface area (Å²) in [5, 5.41) is 0. The van der Waals surface area contributed by atoms with E-state index >= 15 is 0 Å². The van der Waals surface area contributed by atoms with E-state index in [0.29, 0.717) is 0 Å². The van der Waals surface area contributed by atoms with Crippen LogP contribution in [0.25, 0.3) is 0 Å². The number of Topliss-reactive ketones (excluding diaryl/α,β-unsaturated/α-hetero) is 1. The lowest BCUT2D eigenvalue weighted by atomic mass is 10.3. The fraction of sp³-hybridized carbons (Fsp3) is 0.286. The number of ketones is 1. The first-order chi connectivity index (χ1) is 5.99. The van der Waals surface area contributed by atoms with Gasteiger partial charge in [-0.05, 0) is 12.1 Å². The molecule has 72 valence electrons. The second-order valence-electron chi connectivity index (χ2n) is 2.37. The van der Waals surface area contributed by atoms with Gasteiger partial charge in [0, 0.05) is 0 Å². The first kappa shape index (κ1) is 9.94. The largest absolute Gasteiger partial charge is 0.461 e. The molecule has 0 radical (unpaired) electrons. The molecule has 0 amide bonds. The summed E-state index contributed by atoms with van der Waals surface area (Å²) in [7, 11) is -3.57. The Hall–Kier alpha value is -1.14. The van der Waals surface area contributed by atoms with Crippen LogP contribution in [0.2, 0.25) is 0 Å². The van der Waals surface area contributed by atoms with E-state index in [0.717, 1.165) is 6.26 Å². The van der Waals surface area contributed by atoms with Gasteiger partial charge in [-0.25, -0.2) is 0 Å². The van der Waals surface area contributed by atoms with Gasteiger partial charge in [0.25, 0.3) is 10.1 Å². The molecule has 1 heterocycles. The van der Waals surface area contributed by atoms with E-state index in [9.17, 15) is 13.2 Å². The van der Waals surface area contributed by atoms with Crippen molar-refractivity contribution in [3.05, 3.63) is 24.2 Å². The molecule has 6 heteroatoms. The quantitative estimate of drug-likeness (QED) is 0.525.